The first-order chi connectivity index (χ1) is 10.9. The van der Waals surface area contributed by atoms with Gasteiger partial charge in [0.15, 0.2) is 11.5 Å². The number of hydrogen-bond donors (Lipinski definition) is 1. The molecule has 1 aromatic carbocycles. The zero-order chi connectivity index (χ0) is 17.0. The summed E-state index contributed by atoms with van der Waals surface area (Å²) < 4.78 is 36.1. The first-order valence-corrected chi connectivity index (χ1v) is 7.33. The molecular formula is C14H14BrF2N3O3. The van der Waals surface area contributed by atoms with Crippen LogP contribution >= 0.6 is 15.9 Å². The van der Waals surface area contributed by atoms with Crippen LogP contribution in [-0.4, -0.2) is 29.4 Å². The summed E-state index contributed by atoms with van der Waals surface area (Å²) in [6, 6.07) is 3.60. The van der Waals surface area contributed by atoms with Crippen LogP contribution < -0.4 is 14.8 Å². The van der Waals surface area contributed by atoms with Crippen LogP contribution in [0.2, 0.25) is 0 Å². The monoisotopic (exact) mass is 389 g/mol. The van der Waals surface area contributed by atoms with Gasteiger partial charge in [-0.25, -0.2) is 0 Å². The van der Waals surface area contributed by atoms with E-state index in [1.54, 1.807) is 19.3 Å². The van der Waals surface area contributed by atoms with Gasteiger partial charge in [0.05, 0.1) is 17.8 Å². The molecular weight excluding hydrogens is 376 g/mol. The first-order valence-electron chi connectivity index (χ1n) is 6.54. The van der Waals surface area contributed by atoms with Crippen molar-refractivity contribution in [3.63, 3.8) is 0 Å². The molecule has 0 aliphatic heterocycles. The molecule has 1 unspecified atom stereocenters. The van der Waals surface area contributed by atoms with Crippen LogP contribution in [-0.2, 0) is 4.79 Å². The zero-order valence-electron chi connectivity index (χ0n) is 12.3. The second-order valence-electron chi connectivity index (χ2n) is 4.55. The van der Waals surface area contributed by atoms with Crippen molar-refractivity contribution in [1.82, 2.24) is 9.78 Å². The summed E-state index contributed by atoms with van der Waals surface area (Å²) in [6.45, 7) is -1.28. The average molecular weight is 390 g/mol. The second-order valence-corrected chi connectivity index (χ2v) is 5.46. The van der Waals surface area contributed by atoms with E-state index in [0.29, 0.717) is 5.69 Å². The Morgan fingerprint density at radius 1 is 1.39 bits per heavy atom. The van der Waals surface area contributed by atoms with E-state index in [9.17, 15) is 13.6 Å². The Labute approximate surface area is 139 Å². The summed E-state index contributed by atoms with van der Waals surface area (Å²) in [5.41, 5.74) is 0.395. The number of carbonyl (C=O) groups is 1. The van der Waals surface area contributed by atoms with E-state index in [-0.39, 0.29) is 17.4 Å². The van der Waals surface area contributed by atoms with E-state index in [2.05, 4.69) is 31.1 Å². The number of alkyl halides is 2. The molecule has 0 fully saturated rings. The highest BCUT2D eigenvalue weighted by atomic mass is 79.9. The van der Waals surface area contributed by atoms with E-state index in [4.69, 9.17) is 4.74 Å². The number of carbonyl (C=O) groups excluding carboxylic acids is 1. The Bertz CT molecular complexity index is 694. The van der Waals surface area contributed by atoms with Gasteiger partial charge in [-0.15, -0.1) is 0 Å². The van der Waals surface area contributed by atoms with E-state index in [0.717, 1.165) is 4.47 Å². The van der Waals surface area contributed by atoms with Crippen LogP contribution in [0.15, 0.2) is 35.1 Å². The van der Waals surface area contributed by atoms with Crippen LogP contribution in [0, 0.1) is 0 Å². The lowest BCUT2D eigenvalue weighted by molar-refractivity contribution is -0.119. The third-order valence-electron chi connectivity index (χ3n) is 2.99. The number of hydrogen-bond acceptors (Lipinski definition) is 4. The van der Waals surface area contributed by atoms with E-state index >= 15 is 0 Å². The molecule has 0 aliphatic carbocycles. The van der Waals surface area contributed by atoms with Crippen LogP contribution in [0.1, 0.15) is 13.0 Å². The van der Waals surface area contributed by atoms with E-state index < -0.39 is 12.7 Å². The number of anilines is 1. The van der Waals surface area contributed by atoms with Gasteiger partial charge in [0.25, 0.3) is 0 Å². The average Bonchev–Trinajstić information content (AvgIpc) is 2.93. The third-order valence-corrected chi connectivity index (χ3v) is 3.40. The molecule has 0 saturated heterocycles. The smallest absolute Gasteiger partial charge is 0.387 e. The molecule has 0 aliphatic rings. The number of nitrogens with zero attached hydrogens (tertiary/aromatic N) is 2. The predicted octanol–water partition coefficient (Wildman–Crippen LogP) is 3.46. The van der Waals surface area contributed by atoms with Crippen LogP contribution in [0.3, 0.4) is 0 Å². The molecule has 2 rings (SSSR count). The number of rotatable bonds is 6. The summed E-state index contributed by atoms with van der Waals surface area (Å²) >= 11 is 3.26. The Morgan fingerprint density at radius 3 is 2.70 bits per heavy atom. The molecule has 1 amide bonds. The third kappa shape index (κ3) is 4.41. The molecule has 1 aromatic heterocycles. The van der Waals surface area contributed by atoms with Gasteiger partial charge in [-0.05, 0) is 35.0 Å². The van der Waals surface area contributed by atoms with Gasteiger partial charge >= 0.3 is 6.61 Å². The summed E-state index contributed by atoms with van der Waals surface area (Å²) in [4.78, 5) is 12.2. The van der Waals surface area contributed by atoms with Crippen molar-refractivity contribution in [2.75, 3.05) is 12.4 Å². The highest BCUT2D eigenvalue weighted by Crippen LogP contribution is 2.31. The minimum absolute atomic E-state index is 0.0950. The normalized spacial score (nSPS) is 12.1. The number of methoxy groups -OCH3 is 1. The SMILES string of the molecule is COc1cc(NC(=O)C(C)n2cc(Br)cn2)ccc1OC(F)F. The fourth-order valence-electron chi connectivity index (χ4n) is 1.83. The number of aromatic nitrogens is 2. The van der Waals surface area contributed by atoms with E-state index in [1.165, 1.54) is 30.0 Å². The van der Waals surface area contributed by atoms with Crippen molar-refractivity contribution in [2.45, 2.75) is 19.6 Å². The minimum atomic E-state index is -2.96. The molecule has 9 heteroatoms. The summed E-state index contributed by atoms with van der Waals surface area (Å²) in [5, 5.41) is 6.71. The standard InChI is InChI=1S/C14H14BrF2N3O3/c1-8(20-7-9(15)6-18-20)13(21)19-10-3-4-11(23-14(16)17)12(5-10)22-2/h3-8,14H,1-2H3,(H,19,21). The van der Waals surface area contributed by atoms with Gasteiger partial charge in [0, 0.05) is 18.0 Å². The van der Waals surface area contributed by atoms with Gasteiger partial charge < -0.3 is 14.8 Å². The molecule has 124 valence electrons. The maximum Gasteiger partial charge on any atom is 0.387 e. The van der Waals surface area contributed by atoms with Crippen LogP contribution in [0.5, 0.6) is 11.5 Å². The van der Waals surface area contributed by atoms with Crippen molar-refractivity contribution >= 4 is 27.5 Å². The van der Waals surface area contributed by atoms with Crippen LogP contribution in [0.25, 0.3) is 0 Å². The number of benzene rings is 1. The number of nitrogens with one attached hydrogen (secondary N) is 1. The molecule has 0 spiro atoms. The molecule has 1 atom stereocenters. The number of amides is 1. The topological polar surface area (TPSA) is 65.4 Å². The molecule has 6 nitrogen and oxygen atoms in total. The lowest BCUT2D eigenvalue weighted by Gasteiger charge is -2.15. The van der Waals surface area contributed by atoms with Crippen molar-refractivity contribution in [3.05, 3.63) is 35.1 Å². The fraction of sp³-hybridized carbons (Fsp3) is 0.286. The summed E-state index contributed by atoms with van der Waals surface area (Å²) in [5.74, 6) is -0.327. The van der Waals surface area contributed by atoms with Gasteiger partial charge in [0.2, 0.25) is 5.91 Å². The highest BCUT2D eigenvalue weighted by molar-refractivity contribution is 9.10. The molecule has 0 radical (unpaired) electrons. The van der Waals surface area contributed by atoms with Crippen molar-refractivity contribution < 1.29 is 23.0 Å². The summed E-state index contributed by atoms with van der Waals surface area (Å²) in [6.07, 6.45) is 3.24. The quantitative estimate of drug-likeness (QED) is 0.821. The van der Waals surface area contributed by atoms with E-state index in [1.807, 2.05) is 0 Å². The second kappa shape index (κ2) is 7.40. The fourth-order valence-corrected chi connectivity index (χ4v) is 2.13. The van der Waals surface area contributed by atoms with Gasteiger partial charge in [-0.1, -0.05) is 0 Å². The number of ether oxygens (including phenoxy) is 2. The van der Waals surface area contributed by atoms with Crippen molar-refractivity contribution in [2.24, 2.45) is 0 Å². The van der Waals surface area contributed by atoms with Gasteiger partial charge in [-0.3, -0.25) is 9.48 Å². The molecule has 0 saturated carbocycles. The number of halogens is 3. The lowest BCUT2D eigenvalue weighted by Crippen LogP contribution is -2.24. The van der Waals surface area contributed by atoms with Crippen molar-refractivity contribution in [3.8, 4) is 11.5 Å². The Balaban J connectivity index is 2.11. The Hall–Kier alpha value is -2.16. The Morgan fingerprint density at radius 2 is 2.13 bits per heavy atom. The summed E-state index contributed by atoms with van der Waals surface area (Å²) in [7, 11) is 1.32. The molecule has 0 bridgehead atoms. The molecule has 1 heterocycles. The lowest BCUT2D eigenvalue weighted by atomic mass is 10.2. The predicted molar refractivity (Wildman–Crippen MR) is 82.9 cm³/mol. The maximum absolute atomic E-state index is 12.3. The van der Waals surface area contributed by atoms with Crippen LogP contribution in [0.4, 0.5) is 14.5 Å². The maximum atomic E-state index is 12.3. The van der Waals surface area contributed by atoms with Gasteiger partial charge in [0.1, 0.15) is 6.04 Å². The first kappa shape index (κ1) is 17.2. The minimum Gasteiger partial charge on any atom is -0.493 e. The molecule has 2 aromatic rings. The largest absolute Gasteiger partial charge is 0.493 e. The Kier molecular flexibility index (Phi) is 5.54. The zero-order valence-corrected chi connectivity index (χ0v) is 13.9. The molecule has 23 heavy (non-hydrogen) atoms. The molecule has 1 N–H and O–H groups in total. The van der Waals surface area contributed by atoms with Crippen molar-refractivity contribution in [1.29, 1.82) is 0 Å². The van der Waals surface area contributed by atoms with Gasteiger partial charge in [-0.2, -0.15) is 13.9 Å². The highest BCUT2D eigenvalue weighted by Gasteiger charge is 2.17.